The fourth-order valence-electron chi connectivity index (χ4n) is 3.95. The van der Waals surface area contributed by atoms with E-state index < -0.39 is 0 Å². The molecule has 2 aliphatic heterocycles. The van der Waals surface area contributed by atoms with Crippen LogP contribution in [0.2, 0.25) is 5.02 Å². The number of piperidine rings is 1. The Balaban J connectivity index is 1.80. The van der Waals surface area contributed by atoms with E-state index in [1.165, 1.54) is 6.92 Å². The van der Waals surface area contributed by atoms with Crippen LogP contribution >= 0.6 is 11.6 Å². The molecule has 0 radical (unpaired) electrons. The predicted molar refractivity (Wildman–Crippen MR) is 104 cm³/mol. The highest BCUT2D eigenvalue weighted by molar-refractivity contribution is 6.34. The second-order valence-corrected chi connectivity index (χ2v) is 7.96. The molecule has 2 fully saturated rings. The maximum Gasteiger partial charge on any atom is 0.255 e. The molecular formula is C19H27ClN4O2. The molecule has 0 bridgehead atoms. The van der Waals surface area contributed by atoms with Crippen molar-refractivity contribution < 1.29 is 9.59 Å². The van der Waals surface area contributed by atoms with Crippen LogP contribution in [0.3, 0.4) is 0 Å². The molecule has 7 heteroatoms. The minimum atomic E-state index is -0.171. The van der Waals surface area contributed by atoms with Crippen molar-refractivity contribution in [2.24, 2.45) is 0 Å². The van der Waals surface area contributed by atoms with Crippen molar-refractivity contribution >= 4 is 29.1 Å². The quantitative estimate of drug-likeness (QED) is 0.856. The summed E-state index contributed by atoms with van der Waals surface area (Å²) >= 11 is 6.29. The zero-order valence-corrected chi connectivity index (χ0v) is 16.5. The van der Waals surface area contributed by atoms with Gasteiger partial charge in [0.1, 0.15) is 0 Å². The number of halogens is 1. The molecule has 2 amide bonds. The summed E-state index contributed by atoms with van der Waals surface area (Å²) in [6, 6.07) is 5.05. The number of amides is 2. The Hall–Kier alpha value is -1.63. The Labute approximate surface area is 160 Å². The van der Waals surface area contributed by atoms with Crippen molar-refractivity contribution in [3.8, 4) is 0 Å². The zero-order valence-electron chi connectivity index (χ0n) is 15.7. The first kappa shape index (κ1) is 19.1. The Morgan fingerprint density at radius 1 is 1.12 bits per heavy atom. The molecule has 2 heterocycles. The highest BCUT2D eigenvalue weighted by atomic mass is 35.5. The molecule has 0 aromatic heterocycles. The van der Waals surface area contributed by atoms with Gasteiger partial charge in [-0.2, -0.15) is 0 Å². The van der Waals surface area contributed by atoms with Crippen LogP contribution in [-0.2, 0) is 4.79 Å². The normalized spacial score (nSPS) is 21.0. The van der Waals surface area contributed by atoms with Gasteiger partial charge in [0.2, 0.25) is 5.91 Å². The van der Waals surface area contributed by atoms with E-state index >= 15 is 0 Å². The van der Waals surface area contributed by atoms with Crippen LogP contribution < -0.4 is 5.32 Å². The second kappa shape index (κ2) is 7.55. The molecule has 1 spiro atoms. The van der Waals surface area contributed by atoms with Gasteiger partial charge in [-0.3, -0.25) is 14.5 Å². The average molecular weight is 379 g/mol. The van der Waals surface area contributed by atoms with Crippen molar-refractivity contribution in [2.75, 3.05) is 52.1 Å². The van der Waals surface area contributed by atoms with E-state index in [0.29, 0.717) is 22.8 Å². The highest BCUT2D eigenvalue weighted by Crippen LogP contribution is 2.32. The zero-order chi connectivity index (χ0) is 18.9. The van der Waals surface area contributed by atoms with Crippen molar-refractivity contribution in [1.82, 2.24) is 14.7 Å². The van der Waals surface area contributed by atoms with Crippen molar-refractivity contribution in [3.05, 3.63) is 28.8 Å². The molecule has 142 valence electrons. The summed E-state index contributed by atoms with van der Waals surface area (Å²) in [5, 5.41) is 3.13. The largest absolute Gasteiger partial charge is 0.335 e. The number of nitrogens with zero attached hydrogens (tertiary/aromatic N) is 3. The van der Waals surface area contributed by atoms with E-state index in [4.69, 9.17) is 11.6 Å². The van der Waals surface area contributed by atoms with Gasteiger partial charge in [-0.05, 0) is 58.2 Å². The van der Waals surface area contributed by atoms with Gasteiger partial charge < -0.3 is 15.1 Å². The van der Waals surface area contributed by atoms with Gasteiger partial charge in [0.25, 0.3) is 5.91 Å². The van der Waals surface area contributed by atoms with Crippen molar-refractivity contribution in [1.29, 1.82) is 0 Å². The molecule has 1 aromatic carbocycles. The van der Waals surface area contributed by atoms with E-state index in [2.05, 4.69) is 29.2 Å². The maximum absolute atomic E-state index is 13.2. The number of likely N-dealkylation sites (N-methyl/N-ethyl adjacent to an activating group) is 1. The number of rotatable bonds is 2. The summed E-state index contributed by atoms with van der Waals surface area (Å²) in [5.41, 5.74) is 1.08. The van der Waals surface area contributed by atoms with Gasteiger partial charge in [0.05, 0.1) is 10.6 Å². The monoisotopic (exact) mass is 378 g/mol. The lowest BCUT2D eigenvalue weighted by Gasteiger charge is -2.52. The van der Waals surface area contributed by atoms with Crippen LogP contribution in [0, 0.1) is 0 Å². The molecule has 26 heavy (non-hydrogen) atoms. The molecule has 1 N–H and O–H groups in total. The van der Waals surface area contributed by atoms with E-state index in [-0.39, 0.29) is 17.4 Å². The van der Waals surface area contributed by atoms with Crippen LogP contribution in [0.15, 0.2) is 18.2 Å². The van der Waals surface area contributed by atoms with Gasteiger partial charge in [0, 0.05) is 37.8 Å². The van der Waals surface area contributed by atoms with Gasteiger partial charge in [-0.1, -0.05) is 11.6 Å². The van der Waals surface area contributed by atoms with Gasteiger partial charge in [0.15, 0.2) is 0 Å². The number of nitrogens with one attached hydrogen (secondary N) is 1. The molecular weight excluding hydrogens is 352 g/mol. The number of benzene rings is 1. The predicted octanol–water partition coefficient (Wildman–Crippen LogP) is 2.15. The second-order valence-electron chi connectivity index (χ2n) is 7.55. The molecule has 0 atom stereocenters. The topological polar surface area (TPSA) is 55.9 Å². The van der Waals surface area contributed by atoms with Crippen LogP contribution in [-0.4, -0.2) is 78.9 Å². The summed E-state index contributed by atoms with van der Waals surface area (Å²) in [4.78, 5) is 31.1. The van der Waals surface area contributed by atoms with Crippen LogP contribution in [0.5, 0.6) is 0 Å². The summed E-state index contributed by atoms with van der Waals surface area (Å²) in [6.45, 7) is 5.81. The van der Waals surface area contributed by atoms with Gasteiger partial charge in [-0.25, -0.2) is 0 Å². The first-order valence-corrected chi connectivity index (χ1v) is 9.45. The van der Waals surface area contributed by atoms with E-state index in [1.807, 2.05) is 4.90 Å². The van der Waals surface area contributed by atoms with Gasteiger partial charge in [-0.15, -0.1) is 0 Å². The lowest BCUT2D eigenvalue weighted by Crippen LogP contribution is -2.65. The molecule has 2 aliphatic rings. The molecule has 3 rings (SSSR count). The molecule has 6 nitrogen and oxygen atoms in total. The lowest BCUT2D eigenvalue weighted by atomic mass is 9.83. The summed E-state index contributed by atoms with van der Waals surface area (Å²) in [5.74, 6) is -0.232. The van der Waals surface area contributed by atoms with E-state index in [1.54, 1.807) is 18.2 Å². The fraction of sp³-hybridized carbons (Fsp3) is 0.579. The fourth-order valence-corrected chi connectivity index (χ4v) is 4.15. The van der Waals surface area contributed by atoms with E-state index in [9.17, 15) is 9.59 Å². The first-order chi connectivity index (χ1) is 12.3. The molecule has 0 unspecified atom stereocenters. The van der Waals surface area contributed by atoms with Crippen molar-refractivity contribution in [3.63, 3.8) is 0 Å². The number of likely N-dealkylation sites (tertiary alicyclic amines) is 1. The number of carbonyl (C=O) groups is 2. The maximum atomic E-state index is 13.2. The number of carbonyl (C=O) groups excluding carboxylic acids is 2. The van der Waals surface area contributed by atoms with Crippen LogP contribution in [0.25, 0.3) is 0 Å². The van der Waals surface area contributed by atoms with Gasteiger partial charge >= 0.3 is 0 Å². The molecule has 0 saturated carbocycles. The lowest BCUT2D eigenvalue weighted by molar-refractivity contribution is -0.114. The van der Waals surface area contributed by atoms with E-state index in [0.717, 1.165) is 39.0 Å². The SMILES string of the molecule is CC(=O)Nc1ccc(Cl)c(C(=O)N2CCN(C)C3(CCN(C)CC3)C2)c1. The molecule has 1 aromatic rings. The average Bonchev–Trinajstić information content (AvgIpc) is 2.60. The minimum absolute atomic E-state index is 0.0438. The number of piperazine rings is 1. The Kier molecular flexibility index (Phi) is 5.55. The van der Waals surface area contributed by atoms with Crippen molar-refractivity contribution in [2.45, 2.75) is 25.3 Å². The van der Waals surface area contributed by atoms with Crippen LogP contribution in [0.4, 0.5) is 5.69 Å². The summed E-state index contributed by atoms with van der Waals surface area (Å²) in [7, 11) is 4.31. The summed E-state index contributed by atoms with van der Waals surface area (Å²) in [6.07, 6.45) is 2.12. The third kappa shape index (κ3) is 3.87. The number of hydrogen-bond donors (Lipinski definition) is 1. The third-order valence-electron chi connectivity index (χ3n) is 5.72. The first-order valence-electron chi connectivity index (χ1n) is 9.07. The minimum Gasteiger partial charge on any atom is -0.335 e. The smallest absolute Gasteiger partial charge is 0.255 e. The summed E-state index contributed by atoms with van der Waals surface area (Å²) < 4.78 is 0. The Morgan fingerprint density at radius 2 is 1.81 bits per heavy atom. The number of hydrogen-bond acceptors (Lipinski definition) is 4. The highest BCUT2D eigenvalue weighted by Gasteiger charge is 2.43. The Bertz CT molecular complexity index is 701. The standard InChI is InChI=1S/C19H27ClN4O2/c1-14(25)21-15-4-5-17(20)16(12-15)18(26)24-11-10-23(3)19(13-24)6-8-22(2)9-7-19/h4-5,12H,6-11,13H2,1-3H3,(H,21,25). The Morgan fingerprint density at radius 3 is 2.46 bits per heavy atom. The third-order valence-corrected chi connectivity index (χ3v) is 6.05. The molecule has 2 saturated heterocycles. The number of anilines is 1. The van der Waals surface area contributed by atoms with Crippen LogP contribution in [0.1, 0.15) is 30.1 Å². The molecule has 0 aliphatic carbocycles.